The topological polar surface area (TPSA) is 89.2 Å². The molecule has 0 radical (unpaired) electrons. The van der Waals surface area contributed by atoms with E-state index < -0.39 is 11.5 Å². The van der Waals surface area contributed by atoms with Crippen LogP contribution >= 0.6 is 0 Å². The normalized spacial score (nSPS) is 10.6. The summed E-state index contributed by atoms with van der Waals surface area (Å²) in [5.41, 5.74) is 1.26. The van der Waals surface area contributed by atoms with E-state index in [9.17, 15) is 9.59 Å². The largest absolute Gasteiger partial charge is 0.319 e. The Balaban J connectivity index is 1.59. The number of hydrogen-bond acceptors (Lipinski definition) is 5. The molecule has 0 unspecified atom stereocenters. The molecule has 0 atom stereocenters. The number of fused-ring (bicyclic) bond motifs is 1. The molecule has 0 saturated carbocycles. The summed E-state index contributed by atoms with van der Waals surface area (Å²) in [7, 11) is 0. The summed E-state index contributed by atoms with van der Waals surface area (Å²) in [6, 6.07) is 14.7. The lowest BCUT2D eigenvalue weighted by molar-refractivity contribution is 0.102. The summed E-state index contributed by atoms with van der Waals surface area (Å²) in [4.78, 5) is 37.5. The van der Waals surface area contributed by atoms with Gasteiger partial charge in [-0.15, -0.1) is 0 Å². The maximum Gasteiger partial charge on any atom is 0.270 e. The predicted octanol–water partition coefficient (Wildman–Crippen LogP) is 2.40. The van der Waals surface area contributed by atoms with Crippen molar-refractivity contribution < 1.29 is 4.79 Å². The van der Waals surface area contributed by atoms with Gasteiger partial charge in [-0.2, -0.15) is 0 Å². The van der Waals surface area contributed by atoms with Crippen molar-refractivity contribution in [2.24, 2.45) is 0 Å². The van der Waals surface area contributed by atoms with Crippen LogP contribution in [0, 0.1) is 0 Å². The van der Waals surface area contributed by atoms with Crippen molar-refractivity contribution in [2.75, 3.05) is 5.32 Å². The van der Waals surface area contributed by atoms with Gasteiger partial charge in [0.2, 0.25) is 0 Å². The number of pyridine rings is 1. The number of amides is 1. The van der Waals surface area contributed by atoms with Crippen LogP contribution in [0.5, 0.6) is 0 Å². The molecule has 126 valence electrons. The molecule has 3 aromatic heterocycles. The fourth-order valence-electron chi connectivity index (χ4n) is 2.51. The van der Waals surface area contributed by atoms with Crippen LogP contribution < -0.4 is 10.9 Å². The lowest BCUT2D eigenvalue weighted by Gasteiger charge is -2.06. The van der Waals surface area contributed by atoms with Crippen LogP contribution in [0.15, 0.2) is 78.1 Å². The highest BCUT2D eigenvalue weighted by Crippen LogP contribution is 2.15. The number of carbonyl (C=O) groups is 1. The molecule has 0 aliphatic carbocycles. The number of benzene rings is 1. The van der Waals surface area contributed by atoms with Gasteiger partial charge in [0, 0.05) is 18.0 Å². The van der Waals surface area contributed by atoms with Gasteiger partial charge in [-0.3, -0.25) is 14.0 Å². The number of hydrogen-bond donors (Lipinski definition) is 1. The number of nitrogens with zero attached hydrogens (tertiary/aromatic N) is 4. The Labute approximate surface area is 148 Å². The van der Waals surface area contributed by atoms with Gasteiger partial charge in [0.15, 0.2) is 5.82 Å². The quantitative estimate of drug-likeness (QED) is 0.617. The zero-order valence-electron chi connectivity index (χ0n) is 13.5. The van der Waals surface area contributed by atoms with Crippen molar-refractivity contribution in [3.8, 4) is 11.4 Å². The minimum absolute atomic E-state index is 0.0548. The number of anilines is 1. The van der Waals surface area contributed by atoms with Crippen molar-refractivity contribution in [1.29, 1.82) is 0 Å². The average molecular weight is 343 g/mol. The van der Waals surface area contributed by atoms with Crippen LogP contribution in [-0.2, 0) is 0 Å². The van der Waals surface area contributed by atoms with Gasteiger partial charge in [-0.1, -0.05) is 36.4 Å². The molecule has 7 nitrogen and oxygen atoms in total. The number of rotatable bonds is 3. The van der Waals surface area contributed by atoms with E-state index in [0.717, 1.165) is 5.56 Å². The van der Waals surface area contributed by atoms with Gasteiger partial charge < -0.3 is 5.32 Å². The molecule has 1 amide bonds. The number of aromatic nitrogens is 4. The summed E-state index contributed by atoms with van der Waals surface area (Å²) in [5, 5.41) is 2.63. The van der Waals surface area contributed by atoms with Gasteiger partial charge in [0.25, 0.3) is 11.5 Å². The van der Waals surface area contributed by atoms with Crippen LogP contribution in [0.25, 0.3) is 17.0 Å². The molecule has 7 heteroatoms. The molecule has 1 N–H and O–H groups in total. The van der Waals surface area contributed by atoms with E-state index in [4.69, 9.17) is 0 Å². The monoisotopic (exact) mass is 343 g/mol. The number of carbonyl (C=O) groups excluding carboxylic acids is 1. The fraction of sp³-hybridized carbons (Fsp3) is 0. The first-order valence-corrected chi connectivity index (χ1v) is 7.87. The van der Waals surface area contributed by atoms with Gasteiger partial charge >= 0.3 is 0 Å². The third-order valence-corrected chi connectivity index (χ3v) is 3.80. The van der Waals surface area contributed by atoms with Gasteiger partial charge in [-0.25, -0.2) is 15.0 Å². The molecule has 0 spiro atoms. The van der Waals surface area contributed by atoms with Crippen molar-refractivity contribution in [3.63, 3.8) is 0 Å². The predicted molar refractivity (Wildman–Crippen MR) is 96.9 cm³/mol. The van der Waals surface area contributed by atoms with Crippen LogP contribution in [0.4, 0.5) is 5.69 Å². The minimum atomic E-state index is -0.559. The highest BCUT2D eigenvalue weighted by molar-refractivity contribution is 6.03. The van der Waals surface area contributed by atoms with E-state index in [1.54, 1.807) is 24.4 Å². The summed E-state index contributed by atoms with van der Waals surface area (Å²) in [5.74, 6) is -0.00662. The highest BCUT2D eigenvalue weighted by Gasteiger charge is 2.14. The second-order valence-electron chi connectivity index (χ2n) is 5.52. The average Bonchev–Trinajstić information content (AvgIpc) is 2.69. The zero-order valence-corrected chi connectivity index (χ0v) is 13.5. The molecule has 3 heterocycles. The van der Waals surface area contributed by atoms with Crippen molar-refractivity contribution in [3.05, 3.63) is 89.2 Å². The van der Waals surface area contributed by atoms with Crippen LogP contribution in [0.2, 0.25) is 0 Å². The van der Waals surface area contributed by atoms with Gasteiger partial charge in [-0.05, 0) is 12.1 Å². The second kappa shape index (κ2) is 6.56. The molecule has 26 heavy (non-hydrogen) atoms. The maximum atomic E-state index is 12.4. The van der Waals surface area contributed by atoms with E-state index >= 15 is 0 Å². The smallest absolute Gasteiger partial charge is 0.270 e. The summed E-state index contributed by atoms with van der Waals surface area (Å²) >= 11 is 0. The van der Waals surface area contributed by atoms with E-state index in [-0.39, 0.29) is 5.56 Å². The molecule has 1 aromatic carbocycles. The van der Waals surface area contributed by atoms with Crippen molar-refractivity contribution in [2.45, 2.75) is 0 Å². The molecular weight excluding hydrogens is 330 g/mol. The van der Waals surface area contributed by atoms with Gasteiger partial charge in [0.1, 0.15) is 11.2 Å². The minimum Gasteiger partial charge on any atom is -0.319 e. The zero-order chi connectivity index (χ0) is 17.9. The molecule has 0 aliphatic rings. The molecule has 0 fully saturated rings. The fourth-order valence-corrected chi connectivity index (χ4v) is 2.51. The highest BCUT2D eigenvalue weighted by atomic mass is 16.2. The Morgan fingerprint density at radius 1 is 0.885 bits per heavy atom. The molecule has 0 bridgehead atoms. The first-order chi connectivity index (χ1) is 12.7. The Bertz CT molecular complexity index is 1140. The second-order valence-corrected chi connectivity index (χ2v) is 5.52. The summed E-state index contributed by atoms with van der Waals surface area (Å²) in [6.45, 7) is 0. The SMILES string of the molecule is O=C(Nc1cnc(-c2ccccc2)nc1)c1cnc2ccccn2c1=O. The Kier molecular flexibility index (Phi) is 3.95. The molecule has 4 aromatic rings. The molecule has 0 saturated heterocycles. The van der Waals surface area contributed by atoms with E-state index in [0.29, 0.717) is 17.2 Å². The van der Waals surface area contributed by atoms with E-state index in [1.165, 1.54) is 23.0 Å². The number of nitrogens with one attached hydrogen (secondary N) is 1. The van der Waals surface area contributed by atoms with Crippen LogP contribution in [0.3, 0.4) is 0 Å². The summed E-state index contributed by atoms with van der Waals surface area (Å²) < 4.78 is 1.32. The third-order valence-electron chi connectivity index (χ3n) is 3.80. The molecule has 4 rings (SSSR count). The third kappa shape index (κ3) is 2.93. The van der Waals surface area contributed by atoms with E-state index in [1.807, 2.05) is 30.3 Å². The van der Waals surface area contributed by atoms with Gasteiger partial charge in [0.05, 0.1) is 18.1 Å². The van der Waals surface area contributed by atoms with Crippen LogP contribution in [0.1, 0.15) is 10.4 Å². The molecule has 0 aliphatic heterocycles. The Hall–Kier alpha value is -3.87. The first-order valence-electron chi connectivity index (χ1n) is 7.87. The van der Waals surface area contributed by atoms with E-state index in [2.05, 4.69) is 20.3 Å². The lowest BCUT2D eigenvalue weighted by Crippen LogP contribution is -2.26. The Morgan fingerprint density at radius 2 is 1.62 bits per heavy atom. The standard InChI is InChI=1S/C19H13N5O2/c25-18(15-12-20-16-8-4-5-9-24(16)19(15)26)23-14-10-21-17(22-11-14)13-6-2-1-3-7-13/h1-12H,(H,23,25). The summed E-state index contributed by atoms with van der Waals surface area (Å²) in [6.07, 6.45) is 5.84. The molecular formula is C19H13N5O2. The lowest BCUT2D eigenvalue weighted by atomic mass is 10.2. The van der Waals surface area contributed by atoms with Crippen molar-refractivity contribution >= 4 is 17.2 Å². The van der Waals surface area contributed by atoms with Crippen molar-refractivity contribution in [1.82, 2.24) is 19.4 Å². The first kappa shape index (κ1) is 15.6. The maximum absolute atomic E-state index is 12.4. The Morgan fingerprint density at radius 3 is 2.38 bits per heavy atom. The van der Waals surface area contributed by atoms with Crippen LogP contribution in [-0.4, -0.2) is 25.3 Å².